The van der Waals surface area contributed by atoms with E-state index in [1.54, 1.807) is 30.1 Å². The molecule has 3 rings (SSSR count). The summed E-state index contributed by atoms with van der Waals surface area (Å²) in [5.41, 5.74) is 3.80. The molecule has 3 aromatic rings. The Kier molecular flexibility index (Phi) is 6.78. The van der Waals surface area contributed by atoms with E-state index in [9.17, 15) is 4.79 Å². The minimum Gasteiger partial charge on any atom is -0.465 e. The maximum absolute atomic E-state index is 11.5. The number of hydrogen-bond donors (Lipinski definition) is 0. The largest absolute Gasteiger partial charge is 0.465 e. The summed E-state index contributed by atoms with van der Waals surface area (Å²) < 4.78 is 5.56. The standard InChI is InChI=1S/C20H20N4O2S2/c1-24(2)17-10-6-14(7-11-17)12-21-19-22-23-20(28-19)27-13-15-4-8-16(9-5-15)18(25)26-3/h4-12H,13H2,1-3H3. The summed E-state index contributed by atoms with van der Waals surface area (Å²) in [5, 5.41) is 8.92. The average molecular weight is 413 g/mol. The zero-order valence-electron chi connectivity index (χ0n) is 15.8. The Morgan fingerprint density at radius 1 is 1.14 bits per heavy atom. The van der Waals surface area contributed by atoms with Gasteiger partial charge in [0.25, 0.3) is 0 Å². The molecule has 0 unspecified atom stereocenters. The number of benzene rings is 2. The molecule has 0 spiro atoms. The van der Waals surface area contributed by atoms with Gasteiger partial charge >= 0.3 is 5.97 Å². The Hall–Kier alpha value is -2.71. The predicted octanol–water partition coefficient (Wildman–Crippen LogP) is 4.43. The van der Waals surface area contributed by atoms with Crippen LogP contribution in [0.5, 0.6) is 0 Å². The van der Waals surface area contributed by atoms with Gasteiger partial charge in [-0.2, -0.15) is 0 Å². The Balaban J connectivity index is 1.56. The lowest BCUT2D eigenvalue weighted by Gasteiger charge is -2.11. The highest BCUT2D eigenvalue weighted by Crippen LogP contribution is 2.29. The lowest BCUT2D eigenvalue weighted by molar-refractivity contribution is 0.0600. The van der Waals surface area contributed by atoms with Gasteiger partial charge < -0.3 is 9.64 Å². The summed E-state index contributed by atoms with van der Waals surface area (Å²) in [6.45, 7) is 0. The normalized spacial score (nSPS) is 11.0. The lowest BCUT2D eigenvalue weighted by atomic mass is 10.1. The third kappa shape index (κ3) is 5.40. The van der Waals surface area contributed by atoms with Gasteiger partial charge in [0, 0.05) is 31.8 Å². The van der Waals surface area contributed by atoms with E-state index in [1.807, 2.05) is 50.5 Å². The first-order valence-electron chi connectivity index (χ1n) is 8.50. The third-order valence-electron chi connectivity index (χ3n) is 3.87. The zero-order chi connectivity index (χ0) is 19.9. The number of carbonyl (C=O) groups is 1. The van der Waals surface area contributed by atoms with Crippen LogP contribution in [0, 0.1) is 0 Å². The van der Waals surface area contributed by atoms with Gasteiger partial charge in [0.1, 0.15) is 0 Å². The fraction of sp³-hybridized carbons (Fsp3) is 0.200. The topological polar surface area (TPSA) is 67.7 Å². The molecule has 0 bridgehead atoms. The smallest absolute Gasteiger partial charge is 0.337 e. The predicted molar refractivity (Wildman–Crippen MR) is 115 cm³/mol. The van der Waals surface area contributed by atoms with Crippen molar-refractivity contribution in [3.63, 3.8) is 0 Å². The molecule has 0 saturated carbocycles. The average Bonchev–Trinajstić information content (AvgIpc) is 3.18. The van der Waals surface area contributed by atoms with Gasteiger partial charge in [0.15, 0.2) is 4.34 Å². The molecule has 1 heterocycles. The third-order valence-corrected chi connectivity index (χ3v) is 5.90. The van der Waals surface area contributed by atoms with E-state index in [1.165, 1.54) is 18.4 Å². The van der Waals surface area contributed by atoms with Crippen LogP contribution in [-0.2, 0) is 10.5 Å². The van der Waals surface area contributed by atoms with Gasteiger partial charge in [-0.1, -0.05) is 47.4 Å². The maximum Gasteiger partial charge on any atom is 0.337 e. The van der Waals surface area contributed by atoms with Gasteiger partial charge in [-0.15, -0.1) is 10.2 Å². The first-order chi connectivity index (χ1) is 13.5. The monoisotopic (exact) mass is 412 g/mol. The number of methoxy groups -OCH3 is 1. The van der Waals surface area contributed by atoms with Crippen molar-refractivity contribution in [3.05, 3.63) is 65.2 Å². The van der Waals surface area contributed by atoms with Gasteiger partial charge in [0.05, 0.1) is 12.7 Å². The second kappa shape index (κ2) is 9.48. The van der Waals surface area contributed by atoms with Crippen LogP contribution in [-0.4, -0.2) is 43.6 Å². The SMILES string of the molecule is COC(=O)c1ccc(CSc2nnc(N=Cc3ccc(N(C)C)cc3)s2)cc1. The van der Waals surface area contributed by atoms with Crippen molar-refractivity contribution in [2.75, 3.05) is 26.1 Å². The molecular formula is C20H20N4O2S2. The van der Waals surface area contributed by atoms with Crippen LogP contribution in [0.1, 0.15) is 21.5 Å². The molecule has 1 aromatic heterocycles. The number of aliphatic imine (C=N–C) groups is 1. The van der Waals surface area contributed by atoms with Crippen LogP contribution in [0.3, 0.4) is 0 Å². The number of esters is 1. The first-order valence-corrected chi connectivity index (χ1v) is 10.3. The number of anilines is 1. The van der Waals surface area contributed by atoms with E-state index in [4.69, 9.17) is 4.74 Å². The molecule has 0 atom stereocenters. The van der Waals surface area contributed by atoms with Crippen molar-refractivity contribution >= 4 is 46.1 Å². The van der Waals surface area contributed by atoms with E-state index in [0.29, 0.717) is 10.7 Å². The minimum absolute atomic E-state index is 0.331. The molecule has 0 fully saturated rings. The molecule has 2 aromatic carbocycles. The van der Waals surface area contributed by atoms with Crippen LogP contribution < -0.4 is 4.90 Å². The lowest BCUT2D eigenvalue weighted by Crippen LogP contribution is -2.08. The summed E-state index contributed by atoms with van der Waals surface area (Å²) in [7, 11) is 5.40. The molecule has 28 heavy (non-hydrogen) atoms. The molecule has 0 N–H and O–H groups in total. The number of thioether (sulfide) groups is 1. The van der Waals surface area contributed by atoms with Crippen molar-refractivity contribution < 1.29 is 9.53 Å². The van der Waals surface area contributed by atoms with E-state index in [-0.39, 0.29) is 5.97 Å². The summed E-state index contributed by atoms with van der Waals surface area (Å²) in [4.78, 5) is 17.9. The van der Waals surface area contributed by atoms with Crippen LogP contribution in [0.15, 0.2) is 57.9 Å². The second-order valence-electron chi connectivity index (χ2n) is 6.07. The van der Waals surface area contributed by atoms with Gasteiger partial charge in [-0.05, 0) is 35.4 Å². The fourth-order valence-electron chi connectivity index (χ4n) is 2.30. The first kappa shape index (κ1) is 20.0. The van der Waals surface area contributed by atoms with E-state index in [2.05, 4.69) is 20.1 Å². The number of aromatic nitrogens is 2. The Morgan fingerprint density at radius 3 is 2.50 bits per heavy atom. The molecule has 8 heteroatoms. The highest BCUT2D eigenvalue weighted by Gasteiger charge is 2.07. The molecule has 0 saturated heterocycles. The quantitative estimate of drug-likeness (QED) is 0.325. The fourth-order valence-corrected chi connectivity index (χ4v) is 3.94. The molecule has 0 aliphatic rings. The molecule has 0 amide bonds. The maximum atomic E-state index is 11.5. The Bertz CT molecular complexity index is 951. The second-order valence-corrected chi connectivity index (χ2v) is 8.25. The minimum atomic E-state index is -0.331. The highest BCUT2D eigenvalue weighted by molar-refractivity contribution is 8.00. The van der Waals surface area contributed by atoms with E-state index < -0.39 is 0 Å². The molecule has 0 radical (unpaired) electrons. The Labute approximate surface area is 172 Å². The summed E-state index contributed by atoms with van der Waals surface area (Å²) in [5.74, 6) is 0.411. The van der Waals surface area contributed by atoms with Crippen molar-refractivity contribution in [3.8, 4) is 0 Å². The highest BCUT2D eigenvalue weighted by atomic mass is 32.2. The van der Waals surface area contributed by atoms with Crippen molar-refractivity contribution in [2.45, 2.75) is 10.1 Å². The molecule has 0 aliphatic carbocycles. The molecular weight excluding hydrogens is 392 g/mol. The number of rotatable bonds is 7. The summed E-state index contributed by atoms with van der Waals surface area (Å²) >= 11 is 3.04. The van der Waals surface area contributed by atoms with Gasteiger partial charge in [0.2, 0.25) is 5.13 Å². The zero-order valence-corrected chi connectivity index (χ0v) is 17.5. The van der Waals surface area contributed by atoms with Gasteiger partial charge in [-0.3, -0.25) is 0 Å². The van der Waals surface area contributed by atoms with E-state index >= 15 is 0 Å². The van der Waals surface area contributed by atoms with Crippen LogP contribution in [0.2, 0.25) is 0 Å². The summed E-state index contributed by atoms with van der Waals surface area (Å²) in [6, 6.07) is 15.5. The van der Waals surface area contributed by atoms with Crippen LogP contribution in [0.25, 0.3) is 0 Å². The summed E-state index contributed by atoms with van der Waals surface area (Å²) in [6.07, 6.45) is 1.79. The van der Waals surface area contributed by atoms with E-state index in [0.717, 1.165) is 26.9 Å². The van der Waals surface area contributed by atoms with Crippen molar-refractivity contribution in [1.82, 2.24) is 10.2 Å². The van der Waals surface area contributed by atoms with Crippen LogP contribution >= 0.6 is 23.1 Å². The van der Waals surface area contributed by atoms with Crippen molar-refractivity contribution in [2.24, 2.45) is 4.99 Å². The van der Waals surface area contributed by atoms with Crippen LogP contribution in [0.4, 0.5) is 10.8 Å². The number of carbonyl (C=O) groups excluding carboxylic acids is 1. The molecule has 144 valence electrons. The molecule has 6 nitrogen and oxygen atoms in total. The molecule has 0 aliphatic heterocycles. The number of hydrogen-bond acceptors (Lipinski definition) is 8. The number of nitrogens with zero attached hydrogens (tertiary/aromatic N) is 4. The van der Waals surface area contributed by atoms with Gasteiger partial charge in [-0.25, -0.2) is 9.79 Å². The number of ether oxygens (including phenoxy) is 1. The Morgan fingerprint density at radius 2 is 1.86 bits per heavy atom. The van der Waals surface area contributed by atoms with Crippen molar-refractivity contribution in [1.29, 1.82) is 0 Å².